The Morgan fingerprint density at radius 1 is 1.19 bits per heavy atom. The van der Waals surface area contributed by atoms with Crippen molar-refractivity contribution in [3.63, 3.8) is 0 Å². The van der Waals surface area contributed by atoms with E-state index < -0.39 is 6.09 Å². The molecular formula is C20H21N3O3. The molecule has 2 aromatic carbocycles. The van der Waals surface area contributed by atoms with E-state index in [0.717, 1.165) is 16.8 Å². The number of rotatable bonds is 4. The third-order valence-electron chi connectivity index (χ3n) is 4.24. The Hall–Kier alpha value is -3.15. The number of benzene rings is 2. The summed E-state index contributed by atoms with van der Waals surface area (Å²) in [6.07, 6.45) is -0.427. The van der Waals surface area contributed by atoms with Gasteiger partial charge < -0.3 is 4.74 Å². The van der Waals surface area contributed by atoms with Crippen LogP contribution in [0.2, 0.25) is 0 Å². The zero-order valence-electron chi connectivity index (χ0n) is 14.7. The van der Waals surface area contributed by atoms with Crippen LogP contribution in [0.4, 0.5) is 10.5 Å². The van der Waals surface area contributed by atoms with E-state index in [9.17, 15) is 9.59 Å². The van der Waals surface area contributed by atoms with E-state index in [1.54, 1.807) is 12.1 Å². The molecule has 1 aliphatic rings. The molecule has 134 valence electrons. The van der Waals surface area contributed by atoms with Gasteiger partial charge in [-0.05, 0) is 30.2 Å². The fraction of sp³-hybridized carbons (Fsp3) is 0.250. The second kappa shape index (κ2) is 7.82. The van der Waals surface area contributed by atoms with E-state index in [1.165, 1.54) is 0 Å². The van der Waals surface area contributed by atoms with Crippen molar-refractivity contribution in [2.24, 2.45) is 11.0 Å². The van der Waals surface area contributed by atoms with Crippen molar-refractivity contribution in [3.05, 3.63) is 65.7 Å². The maximum absolute atomic E-state index is 12.1. The van der Waals surface area contributed by atoms with Crippen molar-refractivity contribution in [1.29, 1.82) is 0 Å². The van der Waals surface area contributed by atoms with Crippen molar-refractivity contribution in [2.75, 3.05) is 5.32 Å². The minimum Gasteiger partial charge on any atom is -0.441 e. The van der Waals surface area contributed by atoms with E-state index >= 15 is 0 Å². The van der Waals surface area contributed by atoms with Crippen LogP contribution in [0.25, 0.3) is 0 Å². The number of hydrazone groups is 1. The van der Waals surface area contributed by atoms with Gasteiger partial charge >= 0.3 is 6.09 Å². The van der Waals surface area contributed by atoms with Gasteiger partial charge in [0.1, 0.15) is 6.10 Å². The summed E-state index contributed by atoms with van der Waals surface area (Å²) in [5.41, 5.74) is 5.81. The summed E-state index contributed by atoms with van der Waals surface area (Å²) in [7, 11) is 0. The summed E-state index contributed by atoms with van der Waals surface area (Å²) < 4.78 is 5.39. The number of anilines is 1. The van der Waals surface area contributed by atoms with Crippen molar-refractivity contribution in [3.8, 4) is 0 Å². The molecule has 1 heterocycles. The van der Waals surface area contributed by atoms with Crippen LogP contribution >= 0.6 is 0 Å². The number of carbonyl (C=O) groups is 2. The number of amides is 2. The van der Waals surface area contributed by atoms with E-state index in [0.29, 0.717) is 12.1 Å². The summed E-state index contributed by atoms with van der Waals surface area (Å²) in [5.74, 6) is -0.0194. The largest absolute Gasteiger partial charge is 0.441 e. The lowest BCUT2D eigenvalue weighted by Gasteiger charge is -2.19. The summed E-state index contributed by atoms with van der Waals surface area (Å²) in [6, 6.07) is 16.9. The molecule has 0 spiro atoms. The fourth-order valence-electron chi connectivity index (χ4n) is 2.83. The Labute approximate surface area is 152 Å². The van der Waals surface area contributed by atoms with Crippen LogP contribution in [0.3, 0.4) is 0 Å². The standard InChI is InChI=1S/C20H21N3O3/c1-13-12-18(24)22-23-19(13)16-8-10-17(11-9-16)21-20(25)26-14(2)15-6-4-3-5-7-15/h3-11,13-14H,12H2,1-2H3,(H,21,25)(H,22,24). The second-order valence-corrected chi connectivity index (χ2v) is 6.30. The third kappa shape index (κ3) is 4.27. The first-order valence-corrected chi connectivity index (χ1v) is 8.52. The van der Waals surface area contributed by atoms with E-state index in [1.807, 2.05) is 56.3 Å². The van der Waals surface area contributed by atoms with Gasteiger partial charge in [-0.1, -0.05) is 49.4 Å². The lowest BCUT2D eigenvalue weighted by atomic mass is 9.94. The summed E-state index contributed by atoms with van der Waals surface area (Å²) in [6.45, 7) is 3.79. The van der Waals surface area contributed by atoms with Gasteiger partial charge in [-0.2, -0.15) is 5.10 Å². The van der Waals surface area contributed by atoms with Crippen LogP contribution in [-0.2, 0) is 9.53 Å². The molecule has 2 N–H and O–H groups in total. The highest BCUT2D eigenvalue weighted by Gasteiger charge is 2.21. The van der Waals surface area contributed by atoms with E-state index in [4.69, 9.17) is 4.74 Å². The molecule has 0 bridgehead atoms. The summed E-state index contributed by atoms with van der Waals surface area (Å²) >= 11 is 0. The van der Waals surface area contributed by atoms with Crippen LogP contribution in [0, 0.1) is 5.92 Å². The molecule has 6 nitrogen and oxygen atoms in total. The third-order valence-corrected chi connectivity index (χ3v) is 4.24. The van der Waals surface area contributed by atoms with Gasteiger partial charge in [-0.15, -0.1) is 0 Å². The van der Waals surface area contributed by atoms with Gasteiger partial charge in [0.25, 0.3) is 0 Å². The van der Waals surface area contributed by atoms with Crippen LogP contribution in [0.5, 0.6) is 0 Å². The predicted molar refractivity (Wildman–Crippen MR) is 99.9 cm³/mol. The zero-order valence-corrected chi connectivity index (χ0v) is 14.7. The Kier molecular flexibility index (Phi) is 5.31. The smallest absolute Gasteiger partial charge is 0.412 e. The molecule has 2 unspecified atom stereocenters. The van der Waals surface area contributed by atoms with Crippen molar-refractivity contribution < 1.29 is 14.3 Å². The first-order chi connectivity index (χ1) is 12.5. The first-order valence-electron chi connectivity index (χ1n) is 8.52. The van der Waals surface area contributed by atoms with Gasteiger partial charge in [0.15, 0.2) is 0 Å². The maximum atomic E-state index is 12.1. The van der Waals surface area contributed by atoms with E-state index in [-0.39, 0.29) is 17.9 Å². The molecule has 0 saturated carbocycles. The number of ether oxygens (including phenoxy) is 1. The number of hydrogen-bond donors (Lipinski definition) is 2. The molecular weight excluding hydrogens is 330 g/mol. The van der Waals surface area contributed by atoms with Crippen LogP contribution in [-0.4, -0.2) is 17.7 Å². The Morgan fingerprint density at radius 3 is 2.54 bits per heavy atom. The van der Waals surface area contributed by atoms with Crippen molar-refractivity contribution >= 4 is 23.4 Å². The average molecular weight is 351 g/mol. The Morgan fingerprint density at radius 2 is 1.88 bits per heavy atom. The molecule has 0 fully saturated rings. The minimum absolute atomic E-state index is 0.0549. The van der Waals surface area contributed by atoms with Crippen molar-refractivity contribution in [2.45, 2.75) is 26.4 Å². The van der Waals surface area contributed by atoms with E-state index in [2.05, 4.69) is 15.8 Å². The normalized spacial score (nSPS) is 17.7. The number of hydrogen-bond acceptors (Lipinski definition) is 4. The number of nitrogens with one attached hydrogen (secondary N) is 2. The average Bonchev–Trinajstić information content (AvgIpc) is 2.63. The van der Waals surface area contributed by atoms with Gasteiger partial charge in [-0.25, -0.2) is 10.2 Å². The highest BCUT2D eigenvalue weighted by molar-refractivity contribution is 6.06. The van der Waals surface area contributed by atoms with Crippen LogP contribution < -0.4 is 10.7 Å². The fourth-order valence-corrected chi connectivity index (χ4v) is 2.83. The van der Waals surface area contributed by atoms with Gasteiger partial charge in [0, 0.05) is 18.0 Å². The lowest BCUT2D eigenvalue weighted by molar-refractivity contribution is -0.121. The first kappa shape index (κ1) is 17.7. The van der Waals surface area contributed by atoms with Gasteiger partial charge in [-0.3, -0.25) is 10.1 Å². The molecule has 2 amide bonds. The molecule has 0 aromatic heterocycles. The molecule has 0 radical (unpaired) electrons. The van der Waals surface area contributed by atoms with Crippen molar-refractivity contribution in [1.82, 2.24) is 5.43 Å². The molecule has 2 aromatic rings. The zero-order chi connectivity index (χ0) is 18.5. The van der Waals surface area contributed by atoms with Crippen LogP contribution in [0.1, 0.15) is 37.5 Å². The highest BCUT2D eigenvalue weighted by atomic mass is 16.6. The minimum atomic E-state index is -0.509. The Balaban J connectivity index is 1.60. The number of carbonyl (C=O) groups excluding carboxylic acids is 2. The molecule has 26 heavy (non-hydrogen) atoms. The lowest BCUT2D eigenvalue weighted by Crippen LogP contribution is -2.31. The molecule has 3 rings (SSSR count). The van der Waals surface area contributed by atoms with Crippen LogP contribution in [0.15, 0.2) is 59.7 Å². The Bertz CT molecular complexity index is 816. The topological polar surface area (TPSA) is 79.8 Å². The van der Waals surface area contributed by atoms with Gasteiger partial charge in [0.05, 0.1) is 5.71 Å². The molecule has 2 atom stereocenters. The molecule has 1 aliphatic heterocycles. The maximum Gasteiger partial charge on any atom is 0.412 e. The summed E-state index contributed by atoms with van der Waals surface area (Å²) in [5, 5.41) is 6.85. The number of nitrogens with zero attached hydrogens (tertiary/aromatic N) is 1. The predicted octanol–water partition coefficient (Wildman–Crippen LogP) is 3.86. The molecule has 6 heteroatoms. The van der Waals surface area contributed by atoms with Gasteiger partial charge in [0.2, 0.25) is 5.91 Å². The second-order valence-electron chi connectivity index (χ2n) is 6.30. The highest BCUT2D eigenvalue weighted by Crippen LogP contribution is 2.20. The quantitative estimate of drug-likeness (QED) is 0.878. The summed E-state index contributed by atoms with van der Waals surface area (Å²) in [4.78, 5) is 23.4. The molecule has 0 aliphatic carbocycles. The monoisotopic (exact) mass is 351 g/mol. The molecule has 0 saturated heterocycles. The SMILES string of the molecule is CC1CC(=O)NN=C1c1ccc(NC(=O)OC(C)c2ccccc2)cc1.